The average molecular weight is 223 g/mol. The number of anilines is 1. The Bertz CT molecular complexity index is 394. The molecule has 16 heavy (non-hydrogen) atoms. The van der Waals surface area contributed by atoms with Gasteiger partial charge in [-0.15, -0.1) is 0 Å². The Morgan fingerprint density at radius 2 is 2.25 bits per heavy atom. The Balaban J connectivity index is 2.27. The molecule has 3 nitrogen and oxygen atoms in total. The number of rotatable bonds is 2. The third kappa shape index (κ3) is 1.87. The molecule has 0 amide bonds. The summed E-state index contributed by atoms with van der Waals surface area (Å²) in [7, 11) is 1.36. The molecular formula is C12H14FNO2. The molecule has 1 fully saturated rings. The van der Waals surface area contributed by atoms with Crippen molar-refractivity contribution in [2.75, 3.05) is 18.6 Å². The van der Waals surface area contributed by atoms with Gasteiger partial charge in [-0.25, -0.2) is 9.18 Å². The highest BCUT2D eigenvalue weighted by Crippen LogP contribution is 2.28. The number of methoxy groups -OCH3 is 1. The van der Waals surface area contributed by atoms with E-state index in [-0.39, 0.29) is 17.8 Å². The van der Waals surface area contributed by atoms with Crippen molar-refractivity contribution in [1.82, 2.24) is 0 Å². The van der Waals surface area contributed by atoms with Crippen LogP contribution in [-0.4, -0.2) is 25.7 Å². The number of carbonyl (C=O) groups excluding carboxylic acids is 1. The normalized spacial score (nSPS) is 19.9. The highest BCUT2D eigenvalue weighted by atomic mass is 19.1. The number of hydrogen-bond donors (Lipinski definition) is 0. The van der Waals surface area contributed by atoms with Crippen LogP contribution < -0.4 is 4.90 Å². The molecule has 0 spiro atoms. The Morgan fingerprint density at radius 1 is 1.50 bits per heavy atom. The van der Waals surface area contributed by atoms with Crippen molar-refractivity contribution in [2.24, 2.45) is 0 Å². The van der Waals surface area contributed by atoms with Crippen LogP contribution in [0, 0.1) is 5.82 Å². The van der Waals surface area contributed by atoms with Gasteiger partial charge in [0.2, 0.25) is 0 Å². The summed E-state index contributed by atoms with van der Waals surface area (Å²) >= 11 is 0. The largest absolute Gasteiger partial charge is 0.467 e. The van der Waals surface area contributed by atoms with E-state index in [1.807, 2.05) is 0 Å². The van der Waals surface area contributed by atoms with E-state index in [9.17, 15) is 9.18 Å². The molecule has 86 valence electrons. The molecule has 0 unspecified atom stereocenters. The highest BCUT2D eigenvalue weighted by molar-refractivity contribution is 5.80. The summed E-state index contributed by atoms with van der Waals surface area (Å²) in [4.78, 5) is 13.3. The van der Waals surface area contributed by atoms with Crippen molar-refractivity contribution in [2.45, 2.75) is 18.9 Å². The zero-order valence-corrected chi connectivity index (χ0v) is 9.15. The number of esters is 1. The van der Waals surface area contributed by atoms with Gasteiger partial charge in [0.25, 0.3) is 0 Å². The van der Waals surface area contributed by atoms with Gasteiger partial charge in [-0.1, -0.05) is 12.1 Å². The molecule has 1 saturated heterocycles. The van der Waals surface area contributed by atoms with E-state index < -0.39 is 0 Å². The first-order chi connectivity index (χ1) is 7.74. The molecule has 1 aromatic rings. The highest BCUT2D eigenvalue weighted by Gasteiger charge is 2.32. The first-order valence-corrected chi connectivity index (χ1v) is 5.33. The molecule has 2 rings (SSSR count). The standard InChI is InChI=1S/C12H14FNO2/c1-16-12(15)11-7-4-8-14(11)10-6-3-2-5-9(10)13/h2-3,5-6,11H,4,7-8H2,1H3/t11-/m0/s1. The van der Waals surface area contributed by atoms with E-state index in [0.717, 1.165) is 12.8 Å². The third-order valence-electron chi connectivity index (χ3n) is 2.89. The lowest BCUT2D eigenvalue weighted by Gasteiger charge is -2.24. The number of nitrogens with zero attached hydrogens (tertiary/aromatic N) is 1. The molecule has 1 heterocycles. The van der Waals surface area contributed by atoms with Gasteiger partial charge < -0.3 is 9.64 Å². The summed E-state index contributed by atoms with van der Waals surface area (Å²) in [6, 6.07) is 6.16. The van der Waals surface area contributed by atoms with Crippen LogP contribution >= 0.6 is 0 Å². The minimum atomic E-state index is -0.345. The van der Waals surface area contributed by atoms with E-state index >= 15 is 0 Å². The van der Waals surface area contributed by atoms with E-state index in [1.54, 1.807) is 23.1 Å². The first kappa shape index (κ1) is 10.9. The van der Waals surface area contributed by atoms with Gasteiger partial charge in [0.05, 0.1) is 12.8 Å². The quantitative estimate of drug-likeness (QED) is 0.718. The zero-order valence-electron chi connectivity index (χ0n) is 9.15. The lowest BCUT2D eigenvalue weighted by Crippen LogP contribution is -2.37. The van der Waals surface area contributed by atoms with Gasteiger partial charge >= 0.3 is 5.97 Å². The van der Waals surface area contributed by atoms with Gasteiger partial charge in [-0.3, -0.25) is 0 Å². The Labute approximate surface area is 93.8 Å². The molecule has 0 aliphatic carbocycles. The number of carbonyl (C=O) groups is 1. The maximum absolute atomic E-state index is 13.6. The van der Waals surface area contributed by atoms with Crippen molar-refractivity contribution in [3.05, 3.63) is 30.1 Å². The molecule has 4 heteroatoms. The maximum atomic E-state index is 13.6. The molecule has 0 N–H and O–H groups in total. The van der Waals surface area contributed by atoms with Crippen LogP contribution in [0.3, 0.4) is 0 Å². The number of hydrogen-bond acceptors (Lipinski definition) is 3. The summed E-state index contributed by atoms with van der Waals surface area (Å²) < 4.78 is 18.3. The fourth-order valence-corrected chi connectivity index (χ4v) is 2.12. The Kier molecular flexibility index (Phi) is 3.08. The van der Waals surface area contributed by atoms with Gasteiger partial charge in [-0.2, -0.15) is 0 Å². The predicted octanol–water partition coefficient (Wildman–Crippen LogP) is 1.97. The van der Waals surface area contributed by atoms with Crippen molar-refractivity contribution in [3.8, 4) is 0 Å². The zero-order chi connectivity index (χ0) is 11.5. The van der Waals surface area contributed by atoms with Gasteiger partial charge in [-0.05, 0) is 25.0 Å². The molecule has 1 aromatic carbocycles. The Hall–Kier alpha value is -1.58. The maximum Gasteiger partial charge on any atom is 0.328 e. The number of ether oxygens (including phenoxy) is 1. The molecular weight excluding hydrogens is 209 g/mol. The monoisotopic (exact) mass is 223 g/mol. The lowest BCUT2D eigenvalue weighted by molar-refractivity contribution is -0.141. The van der Waals surface area contributed by atoms with Gasteiger partial charge in [0.1, 0.15) is 11.9 Å². The van der Waals surface area contributed by atoms with Crippen LogP contribution in [0.2, 0.25) is 0 Å². The second-order valence-corrected chi connectivity index (χ2v) is 3.83. The average Bonchev–Trinajstić information content (AvgIpc) is 2.77. The molecule has 0 bridgehead atoms. The van der Waals surface area contributed by atoms with Crippen molar-refractivity contribution >= 4 is 11.7 Å². The van der Waals surface area contributed by atoms with Crippen LogP contribution in [0.5, 0.6) is 0 Å². The molecule has 1 atom stereocenters. The topological polar surface area (TPSA) is 29.5 Å². The summed E-state index contributed by atoms with van der Waals surface area (Å²) in [5.41, 5.74) is 0.482. The second-order valence-electron chi connectivity index (χ2n) is 3.83. The molecule has 1 aliphatic heterocycles. The van der Waals surface area contributed by atoms with Crippen molar-refractivity contribution in [3.63, 3.8) is 0 Å². The molecule has 0 radical (unpaired) electrons. The summed E-state index contributed by atoms with van der Waals surface area (Å²) in [6.45, 7) is 0.695. The van der Waals surface area contributed by atoms with Crippen LogP contribution in [-0.2, 0) is 9.53 Å². The van der Waals surface area contributed by atoms with Crippen LogP contribution in [0.15, 0.2) is 24.3 Å². The molecule has 0 aromatic heterocycles. The van der Waals surface area contributed by atoms with Gasteiger partial charge in [0.15, 0.2) is 0 Å². The summed E-state index contributed by atoms with van der Waals surface area (Å²) in [5, 5.41) is 0. The minimum absolute atomic E-state index is 0.291. The summed E-state index contributed by atoms with van der Waals surface area (Å²) in [6.07, 6.45) is 1.61. The predicted molar refractivity (Wildman–Crippen MR) is 58.8 cm³/mol. The molecule has 0 saturated carbocycles. The van der Waals surface area contributed by atoms with E-state index in [2.05, 4.69) is 0 Å². The first-order valence-electron chi connectivity index (χ1n) is 5.33. The van der Waals surface area contributed by atoms with Crippen molar-refractivity contribution in [1.29, 1.82) is 0 Å². The van der Waals surface area contributed by atoms with Crippen LogP contribution in [0.4, 0.5) is 10.1 Å². The second kappa shape index (κ2) is 4.51. The number of para-hydroxylation sites is 1. The van der Waals surface area contributed by atoms with Crippen LogP contribution in [0.1, 0.15) is 12.8 Å². The number of halogens is 1. The smallest absolute Gasteiger partial charge is 0.328 e. The third-order valence-corrected chi connectivity index (χ3v) is 2.89. The van der Waals surface area contributed by atoms with Gasteiger partial charge in [0, 0.05) is 6.54 Å². The van der Waals surface area contributed by atoms with Crippen molar-refractivity contribution < 1.29 is 13.9 Å². The number of benzene rings is 1. The van der Waals surface area contributed by atoms with E-state index in [1.165, 1.54) is 13.2 Å². The fourth-order valence-electron chi connectivity index (χ4n) is 2.12. The van der Waals surface area contributed by atoms with Crippen LogP contribution in [0.25, 0.3) is 0 Å². The lowest BCUT2D eigenvalue weighted by atomic mass is 10.2. The Morgan fingerprint density at radius 3 is 2.94 bits per heavy atom. The SMILES string of the molecule is COC(=O)[C@@H]1CCCN1c1ccccc1F. The minimum Gasteiger partial charge on any atom is -0.467 e. The van der Waals surface area contributed by atoms with E-state index in [4.69, 9.17) is 4.74 Å². The summed E-state index contributed by atoms with van der Waals surface area (Å²) in [5.74, 6) is -0.584. The molecule has 1 aliphatic rings. The van der Waals surface area contributed by atoms with E-state index in [0.29, 0.717) is 12.2 Å². The fraction of sp³-hybridized carbons (Fsp3) is 0.417.